The Labute approximate surface area is 356 Å². The SMILES string of the molecule is C=C1c2ccccc2N2C(c3ccccc3C)=C(c3ccccc3C)N(c3ccccc3)C2CCC2c3ccccc3-c3n(-c4c(C(C)C)cccc4C(C)C)cc[n+]3C12. The molecule has 0 bridgehead atoms. The molecule has 60 heavy (non-hydrogen) atoms. The van der Waals surface area contributed by atoms with Crippen LogP contribution in [0.25, 0.3) is 34.0 Å². The van der Waals surface area contributed by atoms with Crippen molar-refractivity contribution < 1.29 is 4.57 Å². The lowest BCUT2D eigenvalue weighted by Crippen LogP contribution is -2.47. The third-order valence-electron chi connectivity index (χ3n) is 13.5. The molecule has 0 saturated heterocycles. The van der Waals surface area contributed by atoms with E-state index >= 15 is 0 Å². The maximum Gasteiger partial charge on any atom is 0.294 e. The lowest BCUT2D eigenvalue weighted by molar-refractivity contribution is -0.703. The van der Waals surface area contributed by atoms with Crippen LogP contribution in [-0.4, -0.2) is 10.7 Å². The van der Waals surface area contributed by atoms with Crippen LogP contribution in [0.5, 0.6) is 0 Å². The molecule has 1 aromatic heterocycles. The van der Waals surface area contributed by atoms with Crippen LogP contribution in [0, 0.1) is 13.8 Å². The number of imidazole rings is 1. The maximum absolute atomic E-state index is 5.14. The Kier molecular flexibility index (Phi) is 9.47. The van der Waals surface area contributed by atoms with Gasteiger partial charge < -0.3 is 9.80 Å². The summed E-state index contributed by atoms with van der Waals surface area (Å²) in [6.45, 7) is 18.9. The van der Waals surface area contributed by atoms with Crippen LogP contribution in [0.1, 0.15) is 109 Å². The van der Waals surface area contributed by atoms with E-state index in [1.807, 2.05) is 0 Å². The molecule has 0 spiro atoms. The molecule has 0 N–H and O–H groups in total. The molecule has 4 heterocycles. The van der Waals surface area contributed by atoms with E-state index in [-0.39, 0.29) is 18.1 Å². The highest BCUT2D eigenvalue weighted by Crippen LogP contribution is 2.55. The van der Waals surface area contributed by atoms with Gasteiger partial charge in [-0.3, -0.25) is 0 Å². The maximum atomic E-state index is 5.14. The van der Waals surface area contributed by atoms with Crippen LogP contribution < -0.4 is 14.4 Å². The fraction of sp³-hybridized carbons (Fsp3) is 0.232. The van der Waals surface area contributed by atoms with Gasteiger partial charge in [0.1, 0.15) is 30.3 Å². The third kappa shape index (κ3) is 5.91. The van der Waals surface area contributed by atoms with E-state index in [9.17, 15) is 0 Å². The second-order valence-electron chi connectivity index (χ2n) is 17.6. The van der Waals surface area contributed by atoms with Crippen molar-refractivity contribution in [1.82, 2.24) is 4.57 Å². The highest BCUT2D eigenvalue weighted by molar-refractivity contribution is 6.08. The summed E-state index contributed by atoms with van der Waals surface area (Å²) in [5.74, 6) is 2.18. The van der Waals surface area contributed by atoms with Gasteiger partial charge in [-0.2, -0.15) is 4.57 Å². The van der Waals surface area contributed by atoms with Gasteiger partial charge in [-0.05, 0) is 85.1 Å². The normalized spacial score (nSPS) is 18.4. The molecule has 0 fully saturated rings. The van der Waals surface area contributed by atoms with Crippen LogP contribution >= 0.6 is 0 Å². The molecule has 10 rings (SSSR count). The van der Waals surface area contributed by atoms with Crippen molar-refractivity contribution >= 4 is 28.3 Å². The van der Waals surface area contributed by atoms with Crippen molar-refractivity contribution in [2.45, 2.75) is 84.3 Å². The van der Waals surface area contributed by atoms with E-state index in [2.05, 4.69) is 218 Å². The zero-order valence-electron chi connectivity index (χ0n) is 35.8. The Morgan fingerprint density at radius 2 is 1.12 bits per heavy atom. The number of para-hydroxylation sites is 3. The first kappa shape index (κ1) is 37.9. The summed E-state index contributed by atoms with van der Waals surface area (Å²) in [5, 5.41) is 0. The van der Waals surface area contributed by atoms with Crippen LogP contribution in [0.4, 0.5) is 11.4 Å². The van der Waals surface area contributed by atoms with Gasteiger partial charge in [0.25, 0.3) is 5.82 Å². The molecule has 0 radical (unpaired) electrons. The lowest BCUT2D eigenvalue weighted by Gasteiger charge is -2.36. The van der Waals surface area contributed by atoms with Crippen LogP contribution in [0.15, 0.2) is 165 Å². The summed E-state index contributed by atoms with van der Waals surface area (Å²) in [7, 11) is 0. The fourth-order valence-corrected chi connectivity index (χ4v) is 10.7. The number of rotatable bonds is 6. The fourth-order valence-electron chi connectivity index (χ4n) is 10.7. The van der Waals surface area contributed by atoms with Crippen molar-refractivity contribution in [1.29, 1.82) is 0 Å². The molecule has 3 aliphatic heterocycles. The second kappa shape index (κ2) is 15.0. The largest absolute Gasteiger partial charge is 0.318 e. The summed E-state index contributed by atoms with van der Waals surface area (Å²) < 4.78 is 5.09. The van der Waals surface area contributed by atoms with Gasteiger partial charge in [0.15, 0.2) is 0 Å². The zero-order chi connectivity index (χ0) is 41.2. The number of nitrogens with zero attached hydrogens (tertiary/aromatic N) is 4. The molecule has 7 aromatic rings. The molecular weight excluding hydrogens is 729 g/mol. The van der Waals surface area contributed by atoms with Gasteiger partial charge in [0.2, 0.25) is 0 Å². The molecule has 4 nitrogen and oxygen atoms in total. The summed E-state index contributed by atoms with van der Waals surface area (Å²) in [6.07, 6.45) is 6.58. The number of allylic oxidation sites excluding steroid dienone is 1. The second-order valence-corrected chi connectivity index (χ2v) is 17.6. The number of anilines is 2. The van der Waals surface area contributed by atoms with E-state index in [0.29, 0.717) is 11.8 Å². The average Bonchev–Trinajstić information content (AvgIpc) is 3.86. The summed E-state index contributed by atoms with van der Waals surface area (Å²) in [6, 6.07) is 54.2. The number of hydrogen-bond donors (Lipinski definition) is 0. The van der Waals surface area contributed by atoms with Gasteiger partial charge in [0.05, 0.1) is 22.6 Å². The number of hydrogen-bond acceptors (Lipinski definition) is 2. The van der Waals surface area contributed by atoms with Gasteiger partial charge in [-0.25, -0.2) is 4.57 Å². The van der Waals surface area contributed by atoms with Gasteiger partial charge >= 0.3 is 0 Å². The topological polar surface area (TPSA) is 15.3 Å². The molecule has 0 aliphatic carbocycles. The van der Waals surface area contributed by atoms with E-state index in [0.717, 1.165) is 18.4 Å². The highest BCUT2D eigenvalue weighted by Gasteiger charge is 2.48. The minimum absolute atomic E-state index is 0.000937. The van der Waals surface area contributed by atoms with Crippen molar-refractivity contribution in [2.75, 3.05) is 9.80 Å². The van der Waals surface area contributed by atoms with Crippen molar-refractivity contribution in [3.05, 3.63) is 209 Å². The summed E-state index contributed by atoms with van der Waals surface area (Å²) in [4.78, 5) is 5.34. The minimum Gasteiger partial charge on any atom is -0.318 e. The van der Waals surface area contributed by atoms with E-state index in [1.165, 1.54) is 84.4 Å². The Balaban J connectivity index is 1.25. The zero-order valence-corrected chi connectivity index (χ0v) is 35.8. The Morgan fingerprint density at radius 1 is 0.567 bits per heavy atom. The predicted octanol–water partition coefficient (Wildman–Crippen LogP) is 13.6. The predicted molar refractivity (Wildman–Crippen MR) is 250 cm³/mol. The molecule has 6 aromatic carbocycles. The van der Waals surface area contributed by atoms with E-state index < -0.39 is 0 Å². The minimum atomic E-state index is -0.000937. The Morgan fingerprint density at radius 3 is 1.75 bits per heavy atom. The summed E-state index contributed by atoms with van der Waals surface area (Å²) >= 11 is 0. The first-order valence-electron chi connectivity index (χ1n) is 21.9. The van der Waals surface area contributed by atoms with Crippen LogP contribution in [0.3, 0.4) is 0 Å². The van der Waals surface area contributed by atoms with Crippen molar-refractivity contribution in [3.63, 3.8) is 0 Å². The van der Waals surface area contributed by atoms with Gasteiger partial charge in [-0.1, -0.05) is 156 Å². The number of aryl methyl sites for hydroxylation is 2. The quantitative estimate of drug-likeness (QED) is 0.156. The average molecular weight is 784 g/mol. The molecule has 4 heteroatoms. The van der Waals surface area contributed by atoms with Crippen LogP contribution in [0.2, 0.25) is 0 Å². The van der Waals surface area contributed by atoms with Gasteiger partial charge in [0, 0.05) is 39.4 Å². The number of fused-ring (bicyclic) bond motifs is 9. The molecule has 3 atom stereocenters. The highest BCUT2D eigenvalue weighted by atomic mass is 15.4. The molecular formula is C56H55N4+. The van der Waals surface area contributed by atoms with E-state index in [1.54, 1.807) is 0 Å². The first-order chi connectivity index (χ1) is 29.2. The lowest BCUT2D eigenvalue weighted by atomic mass is 9.77. The van der Waals surface area contributed by atoms with Crippen LogP contribution in [-0.2, 0) is 0 Å². The molecule has 0 amide bonds. The standard InChI is InChI=1S/C56H55N4/c1-36(2)42-29-19-30-43(37(3)4)53(42)58-35-34-57-52-40(7)46-26-17-18-31-50(46)60-51(33-32-48(52)47-27-15-16-28-49(47)56(57)58)59(41-22-9-8-10-23-41)54(44-24-13-11-20-38(44)5)55(60)45-25-14-12-21-39(45)6/h8-31,34-37,48,51-52H,7,32-33H2,1-6H3/q+1. The van der Waals surface area contributed by atoms with E-state index in [4.69, 9.17) is 6.58 Å². The Bertz CT molecular complexity index is 2780. The molecule has 3 unspecified atom stereocenters. The monoisotopic (exact) mass is 783 g/mol. The molecule has 0 saturated carbocycles. The Hall–Kier alpha value is -6.39. The number of aromatic nitrogens is 2. The van der Waals surface area contributed by atoms with Crippen molar-refractivity contribution in [3.8, 4) is 17.1 Å². The first-order valence-corrected chi connectivity index (χ1v) is 21.9. The summed E-state index contributed by atoms with van der Waals surface area (Å²) in [5.41, 5.74) is 19.0. The van der Waals surface area contributed by atoms with Crippen molar-refractivity contribution in [2.24, 2.45) is 0 Å². The molecule has 3 aliphatic rings. The van der Waals surface area contributed by atoms with Gasteiger partial charge in [-0.15, -0.1) is 0 Å². The third-order valence-corrected chi connectivity index (χ3v) is 13.5. The smallest absolute Gasteiger partial charge is 0.294 e. The molecule has 298 valence electrons. The number of benzene rings is 6.